The highest BCUT2D eigenvalue weighted by Gasteiger charge is 2.19. The van der Waals surface area contributed by atoms with E-state index in [9.17, 15) is 8.42 Å². The molecule has 0 saturated heterocycles. The number of rotatable bonds is 4. The molecule has 0 aromatic heterocycles. The van der Waals surface area contributed by atoms with Gasteiger partial charge in [-0.2, -0.15) is 0 Å². The number of sulfonamides is 1. The number of para-hydroxylation sites is 1. The molecular formula is C18H24ClN3O2S. The van der Waals surface area contributed by atoms with E-state index in [1.54, 1.807) is 26.2 Å². The second-order valence-corrected chi connectivity index (χ2v) is 8.31. The van der Waals surface area contributed by atoms with Gasteiger partial charge in [-0.05, 0) is 29.3 Å². The van der Waals surface area contributed by atoms with Crippen LogP contribution in [-0.2, 0) is 23.1 Å². The minimum Gasteiger partial charge on any atom is -0.366 e. The molecule has 25 heavy (non-hydrogen) atoms. The lowest BCUT2D eigenvalue weighted by atomic mass is 10.1. The Morgan fingerprint density at radius 1 is 1.12 bits per heavy atom. The average molecular weight is 382 g/mol. The monoisotopic (exact) mass is 381 g/mol. The highest BCUT2D eigenvalue weighted by Crippen LogP contribution is 2.24. The van der Waals surface area contributed by atoms with Crippen molar-refractivity contribution in [2.75, 3.05) is 32.1 Å². The molecule has 0 atom stereocenters. The Morgan fingerprint density at radius 3 is 2.64 bits per heavy atom. The molecule has 2 aromatic carbocycles. The number of nitrogens with one attached hydrogen (secondary N) is 1. The normalized spacial score (nSPS) is 14.6. The summed E-state index contributed by atoms with van der Waals surface area (Å²) in [5, 5.41) is 3.43. The van der Waals surface area contributed by atoms with Gasteiger partial charge >= 0.3 is 0 Å². The van der Waals surface area contributed by atoms with Crippen molar-refractivity contribution < 1.29 is 8.42 Å². The van der Waals surface area contributed by atoms with Crippen LogP contribution in [0.1, 0.15) is 11.1 Å². The molecule has 7 heteroatoms. The Bertz CT molecular complexity index is 825. The number of hydrogen-bond donors (Lipinski definition) is 1. The summed E-state index contributed by atoms with van der Waals surface area (Å²) < 4.78 is 25.9. The second kappa shape index (κ2) is 8.19. The standard InChI is InChI=1S/C18H23N3O2S.ClH/c1-20(2)24(22,23)17-8-5-6-15(12-17)14-21-11-10-19-13-16-7-3-4-9-18(16)21;/h3-9,12,19H,10-11,13-14H2,1-2H3;1H. The van der Waals surface area contributed by atoms with E-state index in [0.717, 1.165) is 25.2 Å². The van der Waals surface area contributed by atoms with Gasteiger partial charge in [0.2, 0.25) is 10.0 Å². The molecular weight excluding hydrogens is 358 g/mol. The Balaban J connectivity index is 0.00000225. The van der Waals surface area contributed by atoms with E-state index in [1.807, 2.05) is 24.3 Å². The van der Waals surface area contributed by atoms with E-state index in [1.165, 1.54) is 15.6 Å². The minimum absolute atomic E-state index is 0. The first-order valence-electron chi connectivity index (χ1n) is 8.03. The van der Waals surface area contributed by atoms with Gasteiger partial charge in [0.25, 0.3) is 0 Å². The molecule has 0 unspecified atom stereocenters. The van der Waals surface area contributed by atoms with E-state index >= 15 is 0 Å². The van der Waals surface area contributed by atoms with Crippen LogP contribution < -0.4 is 10.2 Å². The summed E-state index contributed by atoms with van der Waals surface area (Å²) in [6.45, 7) is 3.35. The summed E-state index contributed by atoms with van der Waals surface area (Å²) in [5.41, 5.74) is 3.48. The number of anilines is 1. The van der Waals surface area contributed by atoms with E-state index in [-0.39, 0.29) is 12.4 Å². The van der Waals surface area contributed by atoms with Crippen LogP contribution in [-0.4, -0.2) is 39.9 Å². The van der Waals surface area contributed by atoms with Crippen LogP contribution >= 0.6 is 12.4 Å². The van der Waals surface area contributed by atoms with Crippen LogP contribution in [0, 0.1) is 0 Å². The molecule has 3 rings (SSSR count). The first kappa shape index (κ1) is 19.7. The third-order valence-electron chi connectivity index (χ3n) is 4.26. The first-order chi connectivity index (χ1) is 11.5. The van der Waals surface area contributed by atoms with E-state index in [0.29, 0.717) is 11.4 Å². The predicted molar refractivity (Wildman–Crippen MR) is 104 cm³/mol. The minimum atomic E-state index is -3.41. The van der Waals surface area contributed by atoms with Gasteiger partial charge in [0, 0.05) is 46.0 Å². The maximum Gasteiger partial charge on any atom is 0.242 e. The molecule has 0 bridgehead atoms. The topological polar surface area (TPSA) is 52.7 Å². The molecule has 2 aromatic rings. The van der Waals surface area contributed by atoms with Crippen molar-refractivity contribution >= 4 is 28.1 Å². The Labute approximate surface area is 156 Å². The van der Waals surface area contributed by atoms with Crippen LogP contribution in [0.25, 0.3) is 0 Å². The first-order valence-corrected chi connectivity index (χ1v) is 9.47. The van der Waals surface area contributed by atoms with Crippen molar-refractivity contribution in [1.82, 2.24) is 9.62 Å². The molecule has 1 N–H and O–H groups in total. The van der Waals surface area contributed by atoms with Crippen molar-refractivity contribution in [1.29, 1.82) is 0 Å². The quantitative estimate of drug-likeness (QED) is 0.883. The third-order valence-corrected chi connectivity index (χ3v) is 6.07. The highest BCUT2D eigenvalue weighted by atomic mass is 35.5. The highest BCUT2D eigenvalue weighted by molar-refractivity contribution is 7.89. The van der Waals surface area contributed by atoms with Gasteiger partial charge in [0.1, 0.15) is 0 Å². The summed E-state index contributed by atoms with van der Waals surface area (Å²) in [4.78, 5) is 2.64. The molecule has 0 aliphatic carbocycles. The third kappa shape index (κ3) is 4.33. The van der Waals surface area contributed by atoms with Crippen molar-refractivity contribution in [3.8, 4) is 0 Å². The Hall–Kier alpha value is -1.60. The largest absolute Gasteiger partial charge is 0.366 e. The molecule has 1 heterocycles. The summed E-state index contributed by atoms with van der Waals surface area (Å²) in [6.07, 6.45) is 0. The number of benzene rings is 2. The maximum absolute atomic E-state index is 12.3. The lowest BCUT2D eigenvalue weighted by Crippen LogP contribution is -2.28. The molecule has 136 valence electrons. The fourth-order valence-electron chi connectivity index (χ4n) is 2.93. The van der Waals surface area contributed by atoms with E-state index < -0.39 is 10.0 Å². The number of halogens is 1. The zero-order valence-corrected chi connectivity index (χ0v) is 16.1. The number of fused-ring (bicyclic) bond motifs is 1. The van der Waals surface area contributed by atoms with Crippen LogP contribution in [0.15, 0.2) is 53.4 Å². The van der Waals surface area contributed by atoms with Gasteiger partial charge < -0.3 is 10.2 Å². The molecule has 0 spiro atoms. The predicted octanol–water partition coefficient (Wildman–Crippen LogP) is 2.47. The fourth-order valence-corrected chi connectivity index (χ4v) is 3.90. The Kier molecular flexibility index (Phi) is 6.46. The van der Waals surface area contributed by atoms with Gasteiger partial charge in [-0.1, -0.05) is 30.3 Å². The SMILES string of the molecule is CN(C)S(=O)(=O)c1cccc(CN2CCNCc3ccccc32)c1.Cl. The second-order valence-electron chi connectivity index (χ2n) is 6.16. The summed E-state index contributed by atoms with van der Waals surface area (Å²) in [6, 6.07) is 15.6. The van der Waals surface area contributed by atoms with Crippen molar-refractivity contribution in [3.05, 3.63) is 59.7 Å². The zero-order chi connectivity index (χ0) is 17.2. The molecule has 0 amide bonds. The molecule has 1 aliphatic heterocycles. The molecule has 0 fully saturated rings. The van der Waals surface area contributed by atoms with Gasteiger partial charge in [0.05, 0.1) is 4.90 Å². The molecule has 5 nitrogen and oxygen atoms in total. The maximum atomic E-state index is 12.3. The average Bonchev–Trinajstić information content (AvgIpc) is 2.78. The van der Waals surface area contributed by atoms with Crippen LogP contribution in [0.3, 0.4) is 0 Å². The molecule has 0 radical (unpaired) electrons. The Morgan fingerprint density at radius 2 is 1.88 bits per heavy atom. The van der Waals surface area contributed by atoms with Gasteiger partial charge in [0.15, 0.2) is 0 Å². The van der Waals surface area contributed by atoms with Crippen LogP contribution in [0.5, 0.6) is 0 Å². The van der Waals surface area contributed by atoms with E-state index in [4.69, 9.17) is 0 Å². The van der Waals surface area contributed by atoms with Crippen LogP contribution in [0.2, 0.25) is 0 Å². The van der Waals surface area contributed by atoms with Crippen LogP contribution in [0.4, 0.5) is 5.69 Å². The smallest absolute Gasteiger partial charge is 0.242 e. The summed E-state index contributed by atoms with van der Waals surface area (Å²) >= 11 is 0. The molecule has 0 saturated carbocycles. The van der Waals surface area contributed by atoms with Crippen molar-refractivity contribution in [2.45, 2.75) is 18.0 Å². The fraction of sp³-hybridized carbons (Fsp3) is 0.333. The van der Waals surface area contributed by atoms with Gasteiger partial charge in [-0.3, -0.25) is 0 Å². The van der Waals surface area contributed by atoms with Crippen molar-refractivity contribution in [3.63, 3.8) is 0 Å². The molecule has 1 aliphatic rings. The van der Waals surface area contributed by atoms with E-state index in [2.05, 4.69) is 22.3 Å². The number of hydrogen-bond acceptors (Lipinski definition) is 4. The van der Waals surface area contributed by atoms with Gasteiger partial charge in [-0.15, -0.1) is 12.4 Å². The lowest BCUT2D eigenvalue weighted by Gasteiger charge is -2.25. The summed E-state index contributed by atoms with van der Waals surface area (Å²) in [5.74, 6) is 0. The van der Waals surface area contributed by atoms with Crippen molar-refractivity contribution in [2.24, 2.45) is 0 Å². The summed E-state index contributed by atoms with van der Waals surface area (Å²) in [7, 11) is -0.297. The number of nitrogens with zero attached hydrogens (tertiary/aromatic N) is 2. The zero-order valence-electron chi connectivity index (χ0n) is 14.5. The van der Waals surface area contributed by atoms with Gasteiger partial charge in [-0.25, -0.2) is 12.7 Å². The lowest BCUT2D eigenvalue weighted by molar-refractivity contribution is 0.520.